The number of rotatable bonds is 0. The lowest BCUT2D eigenvalue weighted by atomic mass is 10.1. The van der Waals surface area contributed by atoms with E-state index >= 15 is 0 Å². The topological polar surface area (TPSA) is 42.2 Å². The van der Waals surface area contributed by atoms with Crippen LogP contribution in [0.5, 0.6) is 0 Å². The minimum atomic E-state index is 0.229. The summed E-state index contributed by atoms with van der Waals surface area (Å²) in [5, 5.41) is 3.36. The molecule has 0 radical (unpaired) electrons. The second-order valence-electron chi connectivity index (χ2n) is 3.83. The molecular formula is C11H12N4. The molecule has 4 nitrogen and oxygen atoms in total. The van der Waals surface area contributed by atoms with Gasteiger partial charge in [0.05, 0.1) is 12.1 Å². The number of dihydropyridines is 1. The summed E-state index contributed by atoms with van der Waals surface area (Å²) in [6.45, 7) is 2.07. The molecule has 2 aliphatic heterocycles. The Morgan fingerprint density at radius 2 is 2.40 bits per heavy atom. The number of fused-ring (bicyclic) bond motifs is 1. The second kappa shape index (κ2) is 3.08. The van der Waals surface area contributed by atoms with Crippen LogP contribution in [0, 0.1) is 0 Å². The molecule has 0 spiro atoms. The van der Waals surface area contributed by atoms with Gasteiger partial charge in [-0.2, -0.15) is 0 Å². The molecule has 0 aromatic carbocycles. The van der Waals surface area contributed by atoms with Crippen molar-refractivity contribution in [3.8, 4) is 0 Å². The molecule has 3 heterocycles. The van der Waals surface area contributed by atoms with Crippen LogP contribution in [-0.2, 0) is 0 Å². The number of aromatic nitrogens is 2. The van der Waals surface area contributed by atoms with Crippen LogP contribution in [0.2, 0.25) is 0 Å². The van der Waals surface area contributed by atoms with Crippen molar-refractivity contribution in [3.05, 3.63) is 42.6 Å². The number of nitrogens with one attached hydrogen (secondary N) is 1. The Labute approximate surface area is 88.0 Å². The number of hydrogen-bond donors (Lipinski definition) is 1. The van der Waals surface area contributed by atoms with Crippen molar-refractivity contribution in [2.45, 2.75) is 19.0 Å². The van der Waals surface area contributed by atoms with Crippen LogP contribution < -0.4 is 5.32 Å². The lowest BCUT2D eigenvalue weighted by Gasteiger charge is -2.18. The fourth-order valence-electron chi connectivity index (χ4n) is 1.97. The van der Waals surface area contributed by atoms with Gasteiger partial charge in [-0.15, -0.1) is 0 Å². The molecule has 0 saturated carbocycles. The zero-order valence-corrected chi connectivity index (χ0v) is 8.46. The van der Waals surface area contributed by atoms with Crippen molar-refractivity contribution >= 4 is 5.84 Å². The van der Waals surface area contributed by atoms with E-state index in [0.29, 0.717) is 6.04 Å². The fraction of sp³-hybridized carbons (Fsp3) is 0.273. The van der Waals surface area contributed by atoms with Crippen LogP contribution in [0.15, 0.2) is 47.6 Å². The maximum atomic E-state index is 4.65. The molecule has 0 saturated heterocycles. The minimum Gasteiger partial charge on any atom is -0.380 e. The van der Waals surface area contributed by atoms with Gasteiger partial charge in [0.15, 0.2) is 0 Å². The molecule has 2 unspecified atom stereocenters. The first-order valence-corrected chi connectivity index (χ1v) is 5.02. The van der Waals surface area contributed by atoms with E-state index in [2.05, 4.69) is 34.4 Å². The first kappa shape index (κ1) is 8.47. The molecule has 1 aromatic heterocycles. The Morgan fingerprint density at radius 1 is 1.47 bits per heavy atom. The van der Waals surface area contributed by atoms with Gasteiger partial charge in [0, 0.05) is 18.1 Å². The summed E-state index contributed by atoms with van der Waals surface area (Å²) < 4.78 is 1.92. The van der Waals surface area contributed by atoms with E-state index in [9.17, 15) is 0 Å². The second-order valence-corrected chi connectivity index (χ2v) is 3.83. The molecule has 4 heteroatoms. The maximum absolute atomic E-state index is 4.65. The van der Waals surface area contributed by atoms with Gasteiger partial charge >= 0.3 is 0 Å². The van der Waals surface area contributed by atoms with Gasteiger partial charge in [-0.1, -0.05) is 6.08 Å². The molecule has 76 valence electrons. The summed E-state index contributed by atoms with van der Waals surface area (Å²) in [5.41, 5.74) is 1.20. The summed E-state index contributed by atoms with van der Waals surface area (Å²) in [7, 11) is 0. The van der Waals surface area contributed by atoms with E-state index in [-0.39, 0.29) is 6.04 Å². The van der Waals surface area contributed by atoms with E-state index in [1.807, 2.05) is 16.8 Å². The number of hydrogen-bond acceptors (Lipinski definition) is 3. The molecule has 1 N–H and O–H groups in total. The van der Waals surface area contributed by atoms with Crippen LogP contribution >= 0.6 is 0 Å². The molecular weight excluding hydrogens is 188 g/mol. The molecule has 1 aromatic rings. The molecule has 3 rings (SSSR count). The average molecular weight is 200 g/mol. The number of allylic oxidation sites excluding steroid dienone is 2. The Hall–Kier alpha value is -1.84. The van der Waals surface area contributed by atoms with Crippen LogP contribution in [0.1, 0.15) is 6.92 Å². The molecule has 0 aliphatic carbocycles. The Bertz CT molecular complexity index is 453. The summed E-state index contributed by atoms with van der Waals surface area (Å²) in [6.07, 6.45) is 11.8. The van der Waals surface area contributed by atoms with Crippen LogP contribution in [0.4, 0.5) is 0 Å². The highest BCUT2D eigenvalue weighted by atomic mass is 15.1. The lowest BCUT2D eigenvalue weighted by Crippen LogP contribution is -2.32. The SMILES string of the molecule is CC1=CC2N=C(n3ccnc3)C=CC2N1. The van der Waals surface area contributed by atoms with Crippen molar-refractivity contribution in [3.63, 3.8) is 0 Å². The smallest absolute Gasteiger partial charge is 0.133 e. The van der Waals surface area contributed by atoms with E-state index < -0.39 is 0 Å². The summed E-state index contributed by atoms with van der Waals surface area (Å²) in [5.74, 6) is 0.946. The van der Waals surface area contributed by atoms with Crippen molar-refractivity contribution in [2.75, 3.05) is 0 Å². The quantitative estimate of drug-likeness (QED) is 0.677. The first-order chi connectivity index (χ1) is 7.33. The van der Waals surface area contributed by atoms with Crippen LogP contribution in [0.3, 0.4) is 0 Å². The number of imidazole rings is 1. The molecule has 0 amide bonds. The monoisotopic (exact) mass is 200 g/mol. The third-order valence-electron chi connectivity index (χ3n) is 2.69. The molecule has 2 aliphatic rings. The predicted molar refractivity (Wildman–Crippen MR) is 58.7 cm³/mol. The highest BCUT2D eigenvalue weighted by molar-refractivity contribution is 5.95. The van der Waals surface area contributed by atoms with Gasteiger partial charge in [0.2, 0.25) is 0 Å². The first-order valence-electron chi connectivity index (χ1n) is 5.02. The lowest BCUT2D eigenvalue weighted by molar-refractivity contribution is 0.650. The standard InChI is InChI=1S/C11H12N4/c1-8-6-10-9(13-8)2-3-11(14-10)15-5-4-12-7-15/h2-7,9-10,13H,1H3. The van der Waals surface area contributed by atoms with Gasteiger partial charge in [0.25, 0.3) is 0 Å². The zero-order chi connectivity index (χ0) is 10.3. The van der Waals surface area contributed by atoms with Gasteiger partial charge in [0.1, 0.15) is 12.2 Å². The van der Waals surface area contributed by atoms with Crippen molar-refractivity contribution in [1.29, 1.82) is 0 Å². The predicted octanol–water partition coefficient (Wildman–Crippen LogP) is 0.944. The fourth-order valence-corrected chi connectivity index (χ4v) is 1.97. The highest BCUT2D eigenvalue weighted by Crippen LogP contribution is 2.18. The summed E-state index contributed by atoms with van der Waals surface area (Å²) >= 11 is 0. The van der Waals surface area contributed by atoms with E-state index in [1.54, 1.807) is 12.5 Å². The van der Waals surface area contributed by atoms with E-state index in [1.165, 1.54) is 5.70 Å². The summed E-state index contributed by atoms with van der Waals surface area (Å²) in [4.78, 5) is 8.67. The third-order valence-corrected chi connectivity index (χ3v) is 2.69. The van der Waals surface area contributed by atoms with Crippen molar-refractivity contribution in [2.24, 2.45) is 4.99 Å². The normalized spacial score (nSPS) is 28.1. The Balaban J connectivity index is 1.94. The summed E-state index contributed by atoms with van der Waals surface area (Å²) in [6, 6.07) is 0.560. The third kappa shape index (κ3) is 1.38. The van der Waals surface area contributed by atoms with E-state index in [0.717, 1.165) is 5.84 Å². The average Bonchev–Trinajstić information content (AvgIpc) is 2.82. The van der Waals surface area contributed by atoms with Crippen molar-refractivity contribution < 1.29 is 0 Å². The zero-order valence-electron chi connectivity index (χ0n) is 8.46. The molecule has 0 bridgehead atoms. The van der Waals surface area contributed by atoms with E-state index in [4.69, 9.17) is 0 Å². The Morgan fingerprint density at radius 3 is 3.20 bits per heavy atom. The van der Waals surface area contributed by atoms with Gasteiger partial charge in [-0.25, -0.2) is 4.98 Å². The largest absolute Gasteiger partial charge is 0.380 e. The molecule has 15 heavy (non-hydrogen) atoms. The van der Waals surface area contributed by atoms with Crippen molar-refractivity contribution in [1.82, 2.24) is 14.9 Å². The van der Waals surface area contributed by atoms with Gasteiger partial charge in [-0.05, 0) is 19.1 Å². The number of aliphatic imine (C=N–C) groups is 1. The van der Waals surface area contributed by atoms with Crippen LogP contribution in [-0.4, -0.2) is 27.5 Å². The maximum Gasteiger partial charge on any atom is 0.133 e. The number of nitrogens with zero attached hydrogens (tertiary/aromatic N) is 3. The van der Waals surface area contributed by atoms with Gasteiger partial charge in [-0.3, -0.25) is 9.56 Å². The minimum absolute atomic E-state index is 0.229. The highest BCUT2D eigenvalue weighted by Gasteiger charge is 2.25. The van der Waals surface area contributed by atoms with Crippen LogP contribution in [0.25, 0.3) is 0 Å². The molecule has 0 fully saturated rings. The van der Waals surface area contributed by atoms with Gasteiger partial charge < -0.3 is 5.32 Å². The molecule has 2 atom stereocenters. The Kier molecular flexibility index (Phi) is 1.74.